The minimum Gasteiger partial charge on any atom is -0.352 e. The molecule has 4 nitrogen and oxygen atoms in total. The first-order valence-electron chi connectivity index (χ1n) is 7.56. The maximum absolute atomic E-state index is 12.1. The van der Waals surface area contributed by atoms with E-state index in [1.54, 1.807) is 11.8 Å². The van der Waals surface area contributed by atoms with E-state index in [0.717, 1.165) is 16.5 Å². The number of hydrogen-bond acceptors (Lipinski definition) is 3. The standard InChI is InChI=1S/C16H20ClN3OS.ClH/c1-20-14(10-22-16(20)19-13-6-7-13)8-15(21)18-9-11-2-4-12(17)5-3-11;/h2-5,13-14H,6-10H2,1H3,(H,18,21);1H/b19-16-;. The summed E-state index contributed by atoms with van der Waals surface area (Å²) in [5.74, 6) is 1.02. The summed E-state index contributed by atoms with van der Waals surface area (Å²) in [5, 5.41) is 4.78. The Labute approximate surface area is 152 Å². The van der Waals surface area contributed by atoms with Crippen molar-refractivity contribution in [1.29, 1.82) is 0 Å². The number of benzene rings is 1. The van der Waals surface area contributed by atoms with Gasteiger partial charge in [0, 0.05) is 36.8 Å². The molecule has 7 heteroatoms. The lowest BCUT2D eigenvalue weighted by atomic mass is 10.2. The predicted molar refractivity (Wildman–Crippen MR) is 99.6 cm³/mol. The Hall–Kier alpha value is -0.910. The molecule has 23 heavy (non-hydrogen) atoms. The second kappa shape index (κ2) is 8.27. The number of carbonyl (C=O) groups excluding carboxylic acids is 1. The lowest BCUT2D eigenvalue weighted by Crippen LogP contribution is -2.35. The second-order valence-electron chi connectivity index (χ2n) is 5.83. The third-order valence-electron chi connectivity index (χ3n) is 3.92. The molecule has 0 spiro atoms. The number of carbonyl (C=O) groups is 1. The van der Waals surface area contributed by atoms with Gasteiger partial charge in [0.15, 0.2) is 5.17 Å². The summed E-state index contributed by atoms with van der Waals surface area (Å²) in [6, 6.07) is 8.31. The molecular formula is C16H21Cl2N3OS. The summed E-state index contributed by atoms with van der Waals surface area (Å²) in [4.78, 5) is 19.0. The first-order valence-corrected chi connectivity index (χ1v) is 8.93. The minimum absolute atomic E-state index is 0. The van der Waals surface area contributed by atoms with Crippen LogP contribution in [0.3, 0.4) is 0 Å². The number of halogens is 2. The fourth-order valence-electron chi connectivity index (χ4n) is 2.31. The number of aliphatic imine (C=N–C) groups is 1. The molecule has 1 saturated heterocycles. The van der Waals surface area contributed by atoms with Crippen molar-refractivity contribution < 1.29 is 4.79 Å². The number of nitrogens with zero attached hydrogens (tertiary/aromatic N) is 2. The molecule has 1 unspecified atom stereocenters. The zero-order valence-corrected chi connectivity index (χ0v) is 15.4. The van der Waals surface area contributed by atoms with Gasteiger partial charge in [-0.1, -0.05) is 35.5 Å². The van der Waals surface area contributed by atoms with Crippen molar-refractivity contribution in [2.45, 2.75) is 37.9 Å². The van der Waals surface area contributed by atoms with Gasteiger partial charge in [0.1, 0.15) is 0 Å². The van der Waals surface area contributed by atoms with Crippen LogP contribution in [0.15, 0.2) is 29.3 Å². The first-order chi connectivity index (χ1) is 10.6. The lowest BCUT2D eigenvalue weighted by Gasteiger charge is -2.20. The Balaban J connectivity index is 0.00000192. The van der Waals surface area contributed by atoms with Gasteiger partial charge in [-0.05, 0) is 30.5 Å². The van der Waals surface area contributed by atoms with Gasteiger partial charge in [-0.25, -0.2) is 0 Å². The molecule has 126 valence electrons. The summed E-state index contributed by atoms with van der Waals surface area (Å²) in [6.07, 6.45) is 2.94. The predicted octanol–water partition coefficient (Wildman–Crippen LogP) is 3.33. The highest BCUT2D eigenvalue weighted by molar-refractivity contribution is 8.14. The van der Waals surface area contributed by atoms with Gasteiger partial charge in [0.25, 0.3) is 0 Å². The molecule has 0 bridgehead atoms. The zero-order valence-electron chi connectivity index (χ0n) is 13.0. The van der Waals surface area contributed by atoms with Crippen LogP contribution >= 0.6 is 35.8 Å². The average molecular weight is 374 g/mol. The number of amides is 1. The van der Waals surface area contributed by atoms with Crippen LogP contribution in [0, 0.1) is 0 Å². The molecule has 2 fully saturated rings. The van der Waals surface area contributed by atoms with Crippen molar-refractivity contribution in [2.24, 2.45) is 4.99 Å². The fourth-order valence-corrected chi connectivity index (χ4v) is 3.70. The highest BCUT2D eigenvalue weighted by Gasteiger charge is 2.31. The van der Waals surface area contributed by atoms with Crippen molar-refractivity contribution >= 4 is 46.8 Å². The van der Waals surface area contributed by atoms with E-state index in [1.165, 1.54) is 12.8 Å². The van der Waals surface area contributed by atoms with Crippen molar-refractivity contribution in [3.63, 3.8) is 0 Å². The fraction of sp³-hybridized carbons (Fsp3) is 0.500. The lowest BCUT2D eigenvalue weighted by molar-refractivity contribution is -0.121. The smallest absolute Gasteiger partial charge is 0.222 e. The molecule has 1 heterocycles. The van der Waals surface area contributed by atoms with Gasteiger partial charge in [-0.2, -0.15) is 0 Å². The molecule has 0 aromatic heterocycles. The number of hydrogen-bond donors (Lipinski definition) is 1. The first kappa shape index (κ1) is 18.4. The molecule has 1 aromatic rings. The van der Waals surface area contributed by atoms with Gasteiger partial charge in [0.05, 0.1) is 6.04 Å². The summed E-state index contributed by atoms with van der Waals surface area (Å²) >= 11 is 7.62. The molecule has 1 N–H and O–H groups in total. The molecule has 1 atom stereocenters. The molecule has 0 radical (unpaired) electrons. The van der Waals surface area contributed by atoms with Gasteiger partial charge in [0.2, 0.25) is 5.91 Å². The maximum atomic E-state index is 12.1. The molecule has 2 aliphatic rings. The van der Waals surface area contributed by atoms with E-state index in [2.05, 4.69) is 15.2 Å². The Morgan fingerprint density at radius 1 is 1.39 bits per heavy atom. The monoisotopic (exact) mass is 373 g/mol. The van der Waals surface area contributed by atoms with Gasteiger partial charge in [-0.15, -0.1) is 12.4 Å². The van der Waals surface area contributed by atoms with Crippen molar-refractivity contribution in [3.05, 3.63) is 34.9 Å². The third kappa shape index (κ3) is 5.30. The Morgan fingerprint density at radius 2 is 2.09 bits per heavy atom. The van der Waals surface area contributed by atoms with Crippen LogP contribution in [-0.2, 0) is 11.3 Å². The largest absolute Gasteiger partial charge is 0.352 e. The molecule has 1 aliphatic carbocycles. The van der Waals surface area contributed by atoms with Crippen LogP contribution in [0.4, 0.5) is 0 Å². The SMILES string of the molecule is CN1/C(=N/C2CC2)SCC1CC(=O)NCc1ccc(Cl)cc1.Cl. The second-order valence-corrected chi connectivity index (χ2v) is 7.25. The van der Waals surface area contributed by atoms with Crippen LogP contribution in [0.25, 0.3) is 0 Å². The van der Waals surface area contributed by atoms with E-state index >= 15 is 0 Å². The Bertz CT molecular complexity index is 575. The van der Waals surface area contributed by atoms with Crippen LogP contribution in [0.1, 0.15) is 24.8 Å². The van der Waals surface area contributed by atoms with E-state index in [0.29, 0.717) is 24.0 Å². The normalized spacial score (nSPS) is 22.1. The van der Waals surface area contributed by atoms with E-state index in [-0.39, 0.29) is 24.4 Å². The van der Waals surface area contributed by atoms with Crippen LogP contribution < -0.4 is 5.32 Å². The maximum Gasteiger partial charge on any atom is 0.222 e. The van der Waals surface area contributed by atoms with Gasteiger partial charge < -0.3 is 10.2 Å². The number of nitrogens with one attached hydrogen (secondary N) is 1. The molecule has 1 aliphatic heterocycles. The van der Waals surface area contributed by atoms with Crippen molar-refractivity contribution in [1.82, 2.24) is 10.2 Å². The summed E-state index contributed by atoms with van der Waals surface area (Å²) < 4.78 is 0. The molecule has 3 rings (SSSR count). The number of amidine groups is 1. The summed E-state index contributed by atoms with van der Waals surface area (Å²) in [5.41, 5.74) is 1.06. The Kier molecular flexibility index (Phi) is 6.62. The van der Waals surface area contributed by atoms with E-state index in [9.17, 15) is 4.79 Å². The summed E-state index contributed by atoms with van der Waals surface area (Å²) in [6.45, 7) is 0.544. The number of thioether (sulfide) groups is 1. The van der Waals surface area contributed by atoms with Gasteiger partial charge >= 0.3 is 0 Å². The van der Waals surface area contributed by atoms with Crippen molar-refractivity contribution in [3.8, 4) is 0 Å². The zero-order chi connectivity index (χ0) is 15.5. The summed E-state index contributed by atoms with van der Waals surface area (Å²) in [7, 11) is 2.04. The minimum atomic E-state index is 0. The van der Waals surface area contributed by atoms with Gasteiger partial charge in [-0.3, -0.25) is 9.79 Å². The van der Waals surface area contributed by atoms with Crippen LogP contribution in [-0.4, -0.2) is 40.9 Å². The quantitative estimate of drug-likeness (QED) is 0.860. The van der Waals surface area contributed by atoms with Crippen molar-refractivity contribution in [2.75, 3.05) is 12.8 Å². The highest BCUT2D eigenvalue weighted by Crippen LogP contribution is 2.30. The molecule has 1 saturated carbocycles. The van der Waals surface area contributed by atoms with Crippen LogP contribution in [0.5, 0.6) is 0 Å². The average Bonchev–Trinajstić information content (AvgIpc) is 3.26. The number of rotatable bonds is 5. The molecule has 1 amide bonds. The van der Waals surface area contributed by atoms with E-state index < -0.39 is 0 Å². The highest BCUT2D eigenvalue weighted by atomic mass is 35.5. The topological polar surface area (TPSA) is 44.7 Å². The van der Waals surface area contributed by atoms with E-state index in [1.807, 2.05) is 31.3 Å². The Morgan fingerprint density at radius 3 is 2.74 bits per heavy atom. The molecule has 1 aromatic carbocycles. The van der Waals surface area contributed by atoms with Crippen LogP contribution in [0.2, 0.25) is 5.02 Å². The molecular weight excluding hydrogens is 353 g/mol. The van der Waals surface area contributed by atoms with E-state index in [4.69, 9.17) is 11.6 Å². The third-order valence-corrected chi connectivity index (χ3v) is 5.37.